The summed E-state index contributed by atoms with van der Waals surface area (Å²) in [7, 11) is 2.23. The fraction of sp³-hybridized carbons (Fsp3) is 1.00. The summed E-state index contributed by atoms with van der Waals surface area (Å²) < 4.78 is 15.7. The summed E-state index contributed by atoms with van der Waals surface area (Å²) in [5.41, 5.74) is 0. The average Bonchev–Trinajstić information content (AvgIpc) is 3.15. The Hall–Kier alpha value is -0.400. The predicted molar refractivity (Wildman–Crippen MR) is 236 cm³/mol. The van der Waals surface area contributed by atoms with Crippen molar-refractivity contribution >= 4 is 0 Å². The van der Waals surface area contributed by atoms with Gasteiger partial charge in [-0.2, -0.15) is 0 Å². The molecule has 10 nitrogen and oxygen atoms in total. The lowest BCUT2D eigenvalue weighted by Crippen LogP contribution is -2.57. The molecule has 6 aliphatic heterocycles. The normalized spacial score (nSPS) is 26.6. The number of likely N-dealkylation sites (N-methyl/N-ethyl adjacent to an activating group) is 1. The van der Waals surface area contributed by atoms with Crippen molar-refractivity contribution in [3.63, 3.8) is 0 Å². The molecular weight excluding hydrogens is 687 g/mol. The highest BCUT2D eigenvalue weighted by Crippen LogP contribution is 2.22. The van der Waals surface area contributed by atoms with Gasteiger partial charge in [0.05, 0.1) is 32.5 Å². The predicted octanol–water partition coefficient (Wildman–Crippen LogP) is 6.05. The average molecular weight is 782 g/mol. The summed E-state index contributed by atoms with van der Waals surface area (Å²) in [4.78, 5) is 17.7. The van der Waals surface area contributed by atoms with Crippen molar-refractivity contribution in [1.82, 2.24) is 34.3 Å². The molecule has 0 N–H and O–H groups in total. The van der Waals surface area contributed by atoms with Gasteiger partial charge in [0, 0.05) is 134 Å². The van der Waals surface area contributed by atoms with E-state index >= 15 is 0 Å². The summed E-state index contributed by atoms with van der Waals surface area (Å²) in [6, 6.07) is 5.68. The molecule has 2 atom stereocenters. The lowest BCUT2D eigenvalue weighted by Gasteiger charge is -2.44. The molecule has 6 saturated heterocycles. The van der Waals surface area contributed by atoms with Crippen molar-refractivity contribution in [1.29, 1.82) is 0 Å². The molecule has 10 heteroatoms. The molecule has 328 valence electrons. The molecule has 0 aromatic heterocycles. The van der Waals surface area contributed by atoms with Gasteiger partial charge in [-0.3, -0.25) is 34.3 Å². The zero-order chi connectivity index (χ0) is 41.1. The Morgan fingerprint density at radius 1 is 0.418 bits per heavy atom. The third-order valence-electron chi connectivity index (χ3n) is 13.1. The highest BCUT2D eigenvalue weighted by molar-refractivity contribution is 4.85. The molecule has 0 saturated carbocycles. The van der Waals surface area contributed by atoms with Crippen LogP contribution in [0.1, 0.15) is 110 Å². The summed E-state index contributed by atoms with van der Waals surface area (Å²) in [5, 5.41) is 0. The first-order valence-corrected chi connectivity index (χ1v) is 22.9. The number of hydrogen-bond donors (Lipinski definition) is 0. The molecule has 0 aromatic rings. The third-order valence-corrected chi connectivity index (χ3v) is 13.1. The van der Waals surface area contributed by atoms with E-state index in [2.05, 4.69) is 138 Å². The fourth-order valence-electron chi connectivity index (χ4n) is 8.17. The van der Waals surface area contributed by atoms with Gasteiger partial charge in [-0.1, -0.05) is 13.8 Å². The summed E-state index contributed by atoms with van der Waals surface area (Å²) >= 11 is 0. The topological polar surface area (TPSA) is 50.4 Å². The second-order valence-corrected chi connectivity index (χ2v) is 19.0. The Kier molecular flexibility index (Phi) is 25.3. The van der Waals surface area contributed by atoms with Crippen molar-refractivity contribution in [2.24, 2.45) is 11.8 Å². The zero-order valence-corrected chi connectivity index (χ0v) is 39.3. The Morgan fingerprint density at radius 2 is 0.764 bits per heavy atom. The summed E-state index contributed by atoms with van der Waals surface area (Å²) in [6.07, 6.45) is 2.55. The minimum Gasteiger partial charge on any atom is -0.381 e. The second-order valence-electron chi connectivity index (χ2n) is 19.0. The Labute approximate surface area is 342 Å². The smallest absolute Gasteiger partial charge is 0.0645 e. The number of piperazine rings is 3. The molecule has 0 bridgehead atoms. The van der Waals surface area contributed by atoms with Crippen molar-refractivity contribution < 1.29 is 14.2 Å². The van der Waals surface area contributed by atoms with Crippen LogP contribution in [0.5, 0.6) is 0 Å². The van der Waals surface area contributed by atoms with E-state index in [1.54, 1.807) is 0 Å². The maximum Gasteiger partial charge on any atom is 0.0645 e. The number of rotatable bonds is 7. The van der Waals surface area contributed by atoms with E-state index in [9.17, 15) is 0 Å². The van der Waals surface area contributed by atoms with Gasteiger partial charge in [-0.15, -0.1) is 0 Å². The van der Waals surface area contributed by atoms with Crippen molar-refractivity contribution in [3.8, 4) is 0 Å². The zero-order valence-electron chi connectivity index (χ0n) is 39.3. The van der Waals surface area contributed by atoms with Crippen LogP contribution in [-0.2, 0) is 14.2 Å². The van der Waals surface area contributed by atoms with Crippen LogP contribution in [0, 0.1) is 11.8 Å². The Balaban J connectivity index is 0.000000239. The van der Waals surface area contributed by atoms with Crippen LogP contribution in [0.25, 0.3) is 0 Å². The first kappa shape index (κ1) is 50.7. The van der Waals surface area contributed by atoms with E-state index < -0.39 is 0 Å². The summed E-state index contributed by atoms with van der Waals surface area (Å²) in [5.74, 6) is 1.78. The van der Waals surface area contributed by atoms with Crippen LogP contribution in [0.3, 0.4) is 0 Å². The van der Waals surface area contributed by atoms with Crippen molar-refractivity contribution in [3.05, 3.63) is 0 Å². The molecule has 55 heavy (non-hydrogen) atoms. The van der Waals surface area contributed by atoms with E-state index in [0.29, 0.717) is 30.2 Å². The molecule has 0 aliphatic carbocycles. The first-order chi connectivity index (χ1) is 26.0. The van der Waals surface area contributed by atoms with Crippen LogP contribution in [0.2, 0.25) is 0 Å². The third kappa shape index (κ3) is 19.5. The van der Waals surface area contributed by atoms with Gasteiger partial charge in [-0.05, 0) is 115 Å². The molecule has 0 spiro atoms. The highest BCUT2D eigenvalue weighted by atomic mass is 16.5. The van der Waals surface area contributed by atoms with E-state index in [-0.39, 0.29) is 0 Å². The number of ether oxygens (including phenoxy) is 3. The standard InChI is InChI=1S/C10H20N2O.2C10H22N2.C8H16O.C7H15NO/c1-9(2)11-3-5-12(6-4-11)10-7-13-8-10;1-8(2)12-6-9(3)11(5)10(4)7-12;1-9(2)11-5-7-12(8-6-11)10(3)4;2*1-7(2)8-3-5-9-6-4-8/h9-10H,3-8H2,1-2H3;8-10H,6-7H2,1-5H3;9-10H,5-8H2,1-4H3;7-8H,3-6H2,1-2H3;7H,3-6H2,1-2H3/t;9-,10+;;;. The monoisotopic (exact) mass is 782 g/mol. The molecule has 0 unspecified atom stereocenters. The Bertz CT molecular complexity index is 871. The van der Waals surface area contributed by atoms with Crippen LogP contribution in [0.4, 0.5) is 0 Å². The van der Waals surface area contributed by atoms with Crippen molar-refractivity contribution in [2.75, 3.05) is 125 Å². The highest BCUT2D eigenvalue weighted by Gasteiger charge is 2.30. The molecule has 6 heterocycles. The molecule has 0 radical (unpaired) electrons. The summed E-state index contributed by atoms with van der Waals surface area (Å²) in [6.45, 7) is 52.2. The van der Waals surface area contributed by atoms with Crippen LogP contribution in [-0.4, -0.2) is 208 Å². The molecule has 6 fully saturated rings. The van der Waals surface area contributed by atoms with Crippen molar-refractivity contribution in [2.45, 2.75) is 158 Å². The second kappa shape index (κ2) is 27.4. The fourth-order valence-corrected chi connectivity index (χ4v) is 8.17. The van der Waals surface area contributed by atoms with Gasteiger partial charge in [0.25, 0.3) is 0 Å². The van der Waals surface area contributed by atoms with Gasteiger partial charge < -0.3 is 14.2 Å². The van der Waals surface area contributed by atoms with E-state index in [4.69, 9.17) is 14.2 Å². The van der Waals surface area contributed by atoms with Gasteiger partial charge in [0.1, 0.15) is 0 Å². The van der Waals surface area contributed by atoms with Gasteiger partial charge in [-0.25, -0.2) is 0 Å². The lowest BCUT2D eigenvalue weighted by molar-refractivity contribution is -0.0787. The van der Waals surface area contributed by atoms with Gasteiger partial charge in [0.15, 0.2) is 0 Å². The molecule has 0 aromatic carbocycles. The largest absolute Gasteiger partial charge is 0.381 e. The first-order valence-electron chi connectivity index (χ1n) is 22.9. The quantitative estimate of drug-likeness (QED) is 0.306. The number of hydrogen-bond acceptors (Lipinski definition) is 10. The number of morpholine rings is 1. The van der Waals surface area contributed by atoms with E-state index in [1.165, 1.54) is 78.3 Å². The molecular formula is C45H95N7O3. The van der Waals surface area contributed by atoms with Crippen LogP contribution >= 0.6 is 0 Å². The maximum atomic E-state index is 5.25. The van der Waals surface area contributed by atoms with Gasteiger partial charge in [0.2, 0.25) is 0 Å². The molecule has 6 rings (SSSR count). The van der Waals surface area contributed by atoms with E-state index in [0.717, 1.165) is 82.7 Å². The minimum atomic E-state index is 0.689. The van der Waals surface area contributed by atoms with Crippen LogP contribution < -0.4 is 0 Å². The lowest BCUT2D eigenvalue weighted by atomic mass is 9.89. The van der Waals surface area contributed by atoms with E-state index in [1.807, 2.05) is 0 Å². The number of nitrogens with zero attached hydrogens (tertiary/aromatic N) is 7. The minimum absolute atomic E-state index is 0.689. The van der Waals surface area contributed by atoms with Gasteiger partial charge >= 0.3 is 0 Å². The van der Waals surface area contributed by atoms with Crippen LogP contribution in [0.15, 0.2) is 0 Å². The Morgan fingerprint density at radius 3 is 1.05 bits per heavy atom. The molecule has 6 aliphatic rings. The molecule has 0 amide bonds. The maximum absolute atomic E-state index is 5.25. The SMILES string of the molecule is CC(C)C1CCOCC1.CC(C)N1CCN(C(C)C)CC1.CC(C)N1CCN(C2COC2)CC1.CC(C)N1CCOCC1.CC(C)N1C[C@@H](C)N(C)[C@@H](C)C1.